The van der Waals surface area contributed by atoms with E-state index in [0.29, 0.717) is 23.9 Å². The van der Waals surface area contributed by atoms with E-state index in [4.69, 9.17) is 9.05 Å². The molecule has 8 nitrogen and oxygen atoms in total. The van der Waals surface area contributed by atoms with Crippen LogP contribution in [-0.4, -0.2) is 73.4 Å². The van der Waals surface area contributed by atoms with Crippen LogP contribution >= 0.6 is 7.82 Å². The molecule has 85 heavy (non-hydrogen) atoms. The summed E-state index contributed by atoms with van der Waals surface area (Å²) in [4.78, 5) is 23.5. The standard InChI is InChI=1S/C76H151N2O6P/c1-6-8-10-12-14-16-18-20-22-24-26-28-30-32-33-34-35-36-37-38-39-40-41-42-43-44-45-46-48-50-52-54-56-58-60-62-64-66-68-70-76(80)77-74(73-84-85(81,82)83-72-71-78(3,4)5)75(79)69-67-65-63-61-59-57-55-53-51-49-47-31-29-27-25-23-21-19-17-15-13-11-9-7-2/h18,20,24,26,74-75,79H,6-17,19,21-23,25,27-73H2,1-5H3,(H-,77,80,81,82)/p+1/b20-18-,26-24-. The van der Waals surface area contributed by atoms with E-state index >= 15 is 0 Å². The van der Waals surface area contributed by atoms with Gasteiger partial charge in [0, 0.05) is 6.42 Å². The fourth-order valence-corrected chi connectivity index (χ4v) is 12.8. The summed E-state index contributed by atoms with van der Waals surface area (Å²) in [6.45, 7) is 4.95. The molecule has 0 aliphatic carbocycles. The summed E-state index contributed by atoms with van der Waals surface area (Å²) < 4.78 is 23.9. The maximum atomic E-state index is 13.1. The summed E-state index contributed by atoms with van der Waals surface area (Å²) in [5, 5.41) is 14.2. The number of allylic oxidation sites excluding steroid dienone is 4. The zero-order chi connectivity index (χ0) is 61.9. The van der Waals surface area contributed by atoms with Gasteiger partial charge >= 0.3 is 7.82 Å². The number of aliphatic hydroxyl groups is 1. The van der Waals surface area contributed by atoms with Crippen molar-refractivity contribution in [2.75, 3.05) is 40.9 Å². The first-order valence-electron chi connectivity index (χ1n) is 38.2. The number of nitrogens with one attached hydrogen (secondary N) is 1. The SMILES string of the molecule is CCCCCCC/C=C\C/C=C\CCCCCCCCCCCCCCCCCCCCCCCCCCCCCC(=O)NC(COP(=O)(O)OCC[N+](C)(C)C)C(O)CCCCCCCCCCCCCCCCCCCCCCCCCC. The third-order valence-corrected chi connectivity index (χ3v) is 18.9. The Kier molecular flexibility index (Phi) is 66.6. The number of rotatable bonds is 72. The molecule has 0 saturated carbocycles. The van der Waals surface area contributed by atoms with E-state index in [1.807, 2.05) is 21.1 Å². The molecule has 0 aromatic heterocycles. The monoisotopic (exact) mass is 1220 g/mol. The molecular weight excluding hydrogens is 1070 g/mol. The van der Waals surface area contributed by atoms with Crippen LogP contribution in [0.15, 0.2) is 24.3 Å². The zero-order valence-electron chi connectivity index (χ0n) is 58.1. The minimum Gasteiger partial charge on any atom is -0.391 e. The first-order chi connectivity index (χ1) is 41.5. The van der Waals surface area contributed by atoms with Crippen LogP contribution in [0.1, 0.15) is 406 Å². The average Bonchev–Trinajstić information content (AvgIpc) is 3.49. The highest BCUT2D eigenvalue weighted by molar-refractivity contribution is 7.47. The number of hydrogen-bond donors (Lipinski definition) is 3. The smallest absolute Gasteiger partial charge is 0.391 e. The molecule has 0 aromatic rings. The van der Waals surface area contributed by atoms with Crippen molar-refractivity contribution in [2.24, 2.45) is 0 Å². The van der Waals surface area contributed by atoms with Crippen LogP contribution in [0.4, 0.5) is 0 Å². The van der Waals surface area contributed by atoms with Gasteiger partial charge in [0.1, 0.15) is 13.2 Å². The van der Waals surface area contributed by atoms with Crippen molar-refractivity contribution in [3.63, 3.8) is 0 Å². The Bertz CT molecular complexity index is 1430. The Morgan fingerprint density at radius 2 is 0.671 bits per heavy atom. The van der Waals surface area contributed by atoms with E-state index in [-0.39, 0.29) is 19.1 Å². The fraction of sp³-hybridized carbons (Fsp3) is 0.934. The number of nitrogens with zero attached hydrogens (tertiary/aromatic N) is 1. The predicted molar refractivity (Wildman–Crippen MR) is 374 cm³/mol. The molecule has 1 amide bonds. The third-order valence-electron chi connectivity index (χ3n) is 18.0. The van der Waals surface area contributed by atoms with Gasteiger partial charge < -0.3 is 19.8 Å². The molecule has 0 fully saturated rings. The Morgan fingerprint density at radius 3 is 0.965 bits per heavy atom. The first-order valence-corrected chi connectivity index (χ1v) is 39.7. The molecule has 0 spiro atoms. The molecule has 9 heteroatoms. The number of phosphoric ester groups is 1. The first kappa shape index (κ1) is 84.0. The van der Waals surface area contributed by atoms with Crippen LogP contribution in [0.3, 0.4) is 0 Å². The van der Waals surface area contributed by atoms with E-state index < -0.39 is 20.0 Å². The molecule has 0 radical (unpaired) electrons. The lowest BCUT2D eigenvalue weighted by Gasteiger charge is -2.26. The van der Waals surface area contributed by atoms with Crippen LogP contribution in [0, 0.1) is 0 Å². The van der Waals surface area contributed by atoms with E-state index in [1.54, 1.807) is 0 Å². The molecule has 0 aliphatic heterocycles. The highest BCUT2D eigenvalue weighted by Crippen LogP contribution is 2.43. The van der Waals surface area contributed by atoms with Gasteiger partial charge in [-0.3, -0.25) is 13.8 Å². The van der Waals surface area contributed by atoms with Crippen LogP contribution in [0.5, 0.6) is 0 Å². The molecular formula is C76H152N2O6P+. The third kappa shape index (κ3) is 70.3. The zero-order valence-corrected chi connectivity index (χ0v) is 59.0. The van der Waals surface area contributed by atoms with Crippen molar-refractivity contribution < 1.29 is 32.9 Å². The van der Waals surface area contributed by atoms with Crippen molar-refractivity contribution in [1.29, 1.82) is 0 Å². The highest BCUT2D eigenvalue weighted by Gasteiger charge is 2.28. The van der Waals surface area contributed by atoms with Crippen LogP contribution in [0.2, 0.25) is 0 Å². The van der Waals surface area contributed by atoms with Crippen LogP contribution in [-0.2, 0) is 18.4 Å². The quantitative estimate of drug-likeness (QED) is 0.0243. The Morgan fingerprint density at radius 1 is 0.400 bits per heavy atom. The van der Waals surface area contributed by atoms with E-state index in [0.717, 1.165) is 44.9 Å². The topological polar surface area (TPSA) is 105 Å². The highest BCUT2D eigenvalue weighted by atomic mass is 31.2. The Hall–Kier alpha value is -1.02. The second-order valence-corrected chi connectivity index (χ2v) is 29.2. The second-order valence-electron chi connectivity index (χ2n) is 27.7. The van der Waals surface area contributed by atoms with Gasteiger partial charge in [-0.2, -0.15) is 0 Å². The predicted octanol–water partition coefficient (Wildman–Crippen LogP) is 24.6. The Labute approximate surface area is 532 Å². The van der Waals surface area contributed by atoms with Gasteiger partial charge in [0.25, 0.3) is 0 Å². The summed E-state index contributed by atoms with van der Waals surface area (Å²) in [5.74, 6) is -0.134. The lowest BCUT2D eigenvalue weighted by molar-refractivity contribution is -0.870. The molecule has 0 aromatic carbocycles. The molecule has 3 atom stereocenters. The molecule has 506 valence electrons. The van der Waals surface area contributed by atoms with Crippen molar-refractivity contribution >= 4 is 13.7 Å². The number of hydrogen-bond acceptors (Lipinski definition) is 5. The summed E-state index contributed by atoms with van der Waals surface area (Å²) in [7, 11) is 1.64. The van der Waals surface area contributed by atoms with Gasteiger partial charge in [0.15, 0.2) is 0 Å². The van der Waals surface area contributed by atoms with Crippen molar-refractivity contribution in [1.82, 2.24) is 5.32 Å². The lowest BCUT2D eigenvalue weighted by atomic mass is 10.0. The summed E-state index contributed by atoms with van der Waals surface area (Å²) in [6.07, 6.45) is 88.8. The number of likely N-dealkylation sites (N-methyl/N-ethyl adjacent to an activating group) is 1. The summed E-state index contributed by atoms with van der Waals surface area (Å²) >= 11 is 0. The van der Waals surface area contributed by atoms with Gasteiger partial charge in [-0.1, -0.05) is 378 Å². The van der Waals surface area contributed by atoms with Crippen LogP contribution in [0.25, 0.3) is 0 Å². The van der Waals surface area contributed by atoms with Crippen molar-refractivity contribution in [2.45, 2.75) is 418 Å². The van der Waals surface area contributed by atoms with Crippen LogP contribution < -0.4 is 5.32 Å². The Balaban J connectivity index is 3.89. The van der Waals surface area contributed by atoms with Crippen molar-refractivity contribution in [3.05, 3.63) is 24.3 Å². The second kappa shape index (κ2) is 67.4. The molecule has 3 unspecified atom stereocenters. The molecule has 0 heterocycles. The van der Waals surface area contributed by atoms with E-state index in [2.05, 4.69) is 43.5 Å². The fourth-order valence-electron chi connectivity index (χ4n) is 12.0. The van der Waals surface area contributed by atoms with Gasteiger partial charge in [0.05, 0.1) is 39.9 Å². The maximum absolute atomic E-state index is 13.1. The van der Waals surface area contributed by atoms with Gasteiger partial charge in [-0.15, -0.1) is 0 Å². The average molecular weight is 1220 g/mol. The molecule has 0 aliphatic rings. The van der Waals surface area contributed by atoms with Gasteiger partial charge in [0.2, 0.25) is 5.91 Å². The number of quaternary nitrogens is 1. The number of phosphoric acid groups is 1. The minimum atomic E-state index is -4.33. The van der Waals surface area contributed by atoms with Gasteiger partial charge in [-0.25, -0.2) is 4.57 Å². The number of aliphatic hydroxyl groups excluding tert-OH is 1. The molecule has 0 saturated heterocycles. The van der Waals surface area contributed by atoms with Crippen molar-refractivity contribution in [3.8, 4) is 0 Å². The maximum Gasteiger partial charge on any atom is 0.472 e. The number of unbranched alkanes of at least 4 members (excludes halogenated alkanes) is 55. The summed E-state index contributed by atoms with van der Waals surface area (Å²) in [6, 6.07) is -0.759. The molecule has 0 bridgehead atoms. The largest absolute Gasteiger partial charge is 0.472 e. The summed E-state index contributed by atoms with van der Waals surface area (Å²) in [5.41, 5.74) is 0. The number of carbonyl (C=O) groups excluding carboxylic acids is 1. The normalized spacial score (nSPS) is 13.6. The molecule has 3 N–H and O–H groups in total. The number of amides is 1. The van der Waals surface area contributed by atoms with Gasteiger partial charge in [-0.05, 0) is 44.9 Å². The van der Waals surface area contributed by atoms with E-state index in [9.17, 15) is 19.4 Å². The minimum absolute atomic E-state index is 0.0783. The molecule has 0 rings (SSSR count). The lowest BCUT2D eigenvalue weighted by Crippen LogP contribution is -2.46. The number of carbonyl (C=O) groups is 1. The van der Waals surface area contributed by atoms with E-state index in [1.165, 1.54) is 334 Å².